The van der Waals surface area contributed by atoms with Gasteiger partial charge in [0.2, 0.25) is 0 Å². The van der Waals surface area contributed by atoms with Crippen LogP contribution < -0.4 is 4.74 Å². The van der Waals surface area contributed by atoms with E-state index in [-0.39, 0.29) is 5.91 Å². The highest BCUT2D eigenvalue weighted by atomic mass is 79.9. The van der Waals surface area contributed by atoms with Gasteiger partial charge in [-0.05, 0) is 54.3 Å². The van der Waals surface area contributed by atoms with Crippen molar-refractivity contribution in [2.45, 2.75) is 0 Å². The molecule has 4 nitrogen and oxygen atoms in total. The minimum absolute atomic E-state index is 0.115. The SMILES string of the molecule is CN(C)CCOc1cn(C(=O)c2ccccc2)c2c(Br)cc(Cl)cc12. The van der Waals surface area contributed by atoms with Gasteiger partial charge >= 0.3 is 0 Å². The third-order valence-corrected chi connectivity index (χ3v) is 4.64. The summed E-state index contributed by atoms with van der Waals surface area (Å²) in [7, 11) is 3.97. The molecule has 0 aliphatic rings. The van der Waals surface area contributed by atoms with Crippen LogP contribution in [0.15, 0.2) is 53.1 Å². The van der Waals surface area contributed by atoms with Crippen LogP contribution in [0.2, 0.25) is 5.02 Å². The summed E-state index contributed by atoms with van der Waals surface area (Å²) in [5.74, 6) is 0.528. The van der Waals surface area contributed by atoms with Gasteiger partial charge < -0.3 is 9.64 Å². The zero-order valence-electron chi connectivity index (χ0n) is 14.0. The van der Waals surface area contributed by atoms with E-state index in [4.69, 9.17) is 16.3 Å². The van der Waals surface area contributed by atoms with E-state index >= 15 is 0 Å². The van der Waals surface area contributed by atoms with E-state index in [1.165, 1.54) is 0 Å². The van der Waals surface area contributed by atoms with Crippen molar-refractivity contribution >= 4 is 44.3 Å². The second kappa shape index (κ2) is 7.60. The van der Waals surface area contributed by atoms with Crippen molar-refractivity contribution in [3.05, 3.63) is 63.7 Å². The Morgan fingerprint density at radius 2 is 1.96 bits per heavy atom. The summed E-state index contributed by atoms with van der Waals surface area (Å²) in [5, 5.41) is 1.39. The molecule has 0 saturated heterocycles. The summed E-state index contributed by atoms with van der Waals surface area (Å²) in [5.41, 5.74) is 1.36. The molecule has 3 aromatic rings. The van der Waals surface area contributed by atoms with Gasteiger partial charge in [-0.15, -0.1) is 0 Å². The molecular weight excluding hydrogens is 404 g/mol. The van der Waals surface area contributed by atoms with Crippen molar-refractivity contribution < 1.29 is 9.53 Å². The molecular formula is C19H18BrClN2O2. The topological polar surface area (TPSA) is 34.5 Å². The van der Waals surface area contributed by atoms with Crippen LogP contribution in [0.3, 0.4) is 0 Å². The fourth-order valence-corrected chi connectivity index (χ4v) is 3.58. The van der Waals surface area contributed by atoms with Crippen LogP contribution in [-0.2, 0) is 0 Å². The predicted molar refractivity (Wildman–Crippen MR) is 105 cm³/mol. The zero-order valence-corrected chi connectivity index (χ0v) is 16.3. The molecule has 0 bridgehead atoms. The van der Waals surface area contributed by atoms with E-state index in [1.54, 1.807) is 29.0 Å². The summed E-state index contributed by atoms with van der Waals surface area (Å²) in [4.78, 5) is 15.0. The van der Waals surface area contributed by atoms with Crippen molar-refractivity contribution in [1.29, 1.82) is 0 Å². The monoisotopic (exact) mass is 420 g/mol. The molecule has 1 aromatic heterocycles. The number of ether oxygens (including phenoxy) is 1. The summed E-state index contributed by atoms with van der Waals surface area (Å²) in [6.07, 6.45) is 1.73. The van der Waals surface area contributed by atoms with Crippen LogP contribution in [0.5, 0.6) is 5.75 Å². The molecule has 0 spiro atoms. The third-order valence-electron chi connectivity index (χ3n) is 3.82. The van der Waals surface area contributed by atoms with E-state index in [0.29, 0.717) is 22.9 Å². The molecule has 6 heteroatoms. The van der Waals surface area contributed by atoms with Crippen LogP contribution in [0.1, 0.15) is 10.4 Å². The van der Waals surface area contributed by atoms with Gasteiger partial charge in [0.1, 0.15) is 12.4 Å². The molecule has 0 fully saturated rings. The molecule has 0 atom stereocenters. The highest BCUT2D eigenvalue weighted by Gasteiger charge is 2.19. The Labute approximate surface area is 160 Å². The second-order valence-electron chi connectivity index (χ2n) is 5.97. The molecule has 0 aliphatic carbocycles. The van der Waals surface area contributed by atoms with Crippen molar-refractivity contribution in [2.24, 2.45) is 0 Å². The highest BCUT2D eigenvalue weighted by molar-refractivity contribution is 9.10. The van der Waals surface area contributed by atoms with Gasteiger partial charge in [0.05, 0.1) is 11.7 Å². The van der Waals surface area contributed by atoms with Gasteiger partial charge in [0.25, 0.3) is 5.91 Å². The first-order valence-corrected chi connectivity index (χ1v) is 9.02. The number of rotatable bonds is 5. The smallest absolute Gasteiger partial charge is 0.262 e. The summed E-state index contributed by atoms with van der Waals surface area (Å²) in [6, 6.07) is 12.8. The van der Waals surface area contributed by atoms with Crippen molar-refractivity contribution in [3.63, 3.8) is 0 Å². The van der Waals surface area contributed by atoms with Gasteiger partial charge in [-0.2, -0.15) is 0 Å². The normalized spacial score (nSPS) is 11.2. The van der Waals surface area contributed by atoms with E-state index in [2.05, 4.69) is 15.9 Å². The molecule has 2 aromatic carbocycles. The van der Waals surface area contributed by atoms with Crippen molar-refractivity contribution in [2.75, 3.05) is 27.2 Å². The number of fused-ring (bicyclic) bond motifs is 1. The van der Waals surface area contributed by atoms with Crippen LogP contribution in [0.4, 0.5) is 0 Å². The maximum Gasteiger partial charge on any atom is 0.262 e. The molecule has 3 rings (SSSR count). The van der Waals surface area contributed by atoms with E-state index in [1.807, 2.05) is 43.3 Å². The largest absolute Gasteiger partial charge is 0.490 e. The third kappa shape index (κ3) is 3.89. The van der Waals surface area contributed by atoms with Crippen LogP contribution in [0, 0.1) is 0 Å². The van der Waals surface area contributed by atoms with Gasteiger partial charge in [-0.1, -0.05) is 29.8 Å². The Kier molecular flexibility index (Phi) is 5.47. The number of aromatic nitrogens is 1. The first-order chi connectivity index (χ1) is 12.0. The first kappa shape index (κ1) is 18.0. The molecule has 0 N–H and O–H groups in total. The average molecular weight is 422 g/mol. The molecule has 0 saturated carbocycles. The highest BCUT2D eigenvalue weighted by Crippen LogP contribution is 2.36. The first-order valence-electron chi connectivity index (χ1n) is 7.85. The predicted octanol–water partition coefficient (Wildman–Crippen LogP) is 4.69. The molecule has 0 aliphatic heterocycles. The molecule has 0 unspecified atom stereocenters. The standard InChI is InChI=1S/C19H18BrClN2O2/c1-22(2)8-9-25-17-12-23(19(24)13-6-4-3-5-7-13)18-15(17)10-14(21)11-16(18)20/h3-7,10-12H,8-9H2,1-2H3. The molecule has 1 heterocycles. The maximum absolute atomic E-state index is 12.9. The number of halogens is 2. The lowest BCUT2D eigenvalue weighted by Crippen LogP contribution is -2.19. The summed E-state index contributed by atoms with van der Waals surface area (Å²) < 4.78 is 8.27. The summed E-state index contributed by atoms with van der Waals surface area (Å²) in [6.45, 7) is 1.30. The number of benzene rings is 2. The Morgan fingerprint density at radius 1 is 1.24 bits per heavy atom. The van der Waals surface area contributed by atoms with Crippen molar-refractivity contribution in [3.8, 4) is 5.75 Å². The average Bonchev–Trinajstić information content (AvgIpc) is 2.93. The lowest BCUT2D eigenvalue weighted by molar-refractivity contribution is 0.0964. The van der Waals surface area contributed by atoms with Crippen LogP contribution in [-0.4, -0.2) is 42.6 Å². The Hall–Kier alpha value is -1.82. The maximum atomic E-state index is 12.9. The van der Waals surface area contributed by atoms with Gasteiger partial charge in [0.15, 0.2) is 0 Å². The summed E-state index contributed by atoms with van der Waals surface area (Å²) >= 11 is 9.72. The lowest BCUT2D eigenvalue weighted by atomic mass is 10.2. The van der Waals surface area contributed by atoms with E-state index in [9.17, 15) is 4.79 Å². The van der Waals surface area contributed by atoms with Gasteiger partial charge in [-0.3, -0.25) is 9.36 Å². The van der Waals surface area contributed by atoms with E-state index < -0.39 is 0 Å². The minimum atomic E-state index is -0.115. The van der Waals surface area contributed by atoms with E-state index in [0.717, 1.165) is 21.9 Å². The Balaban J connectivity index is 2.07. The quantitative estimate of drug-likeness (QED) is 0.599. The number of likely N-dealkylation sites (N-methyl/N-ethyl adjacent to an activating group) is 1. The molecule has 25 heavy (non-hydrogen) atoms. The Morgan fingerprint density at radius 3 is 2.64 bits per heavy atom. The number of carbonyl (C=O) groups is 1. The minimum Gasteiger partial charge on any atom is -0.490 e. The van der Waals surface area contributed by atoms with Gasteiger partial charge in [0, 0.05) is 27.0 Å². The Bertz CT molecular complexity index is 907. The lowest BCUT2D eigenvalue weighted by Gasteiger charge is -2.10. The second-order valence-corrected chi connectivity index (χ2v) is 7.26. The zero-order chi connectivity index (χ0) is 18.0. The fraction of sp³-hybridized carbons (Fsp3) is 0.211. The van der Waals surface area contributed by atoms with Crippen molar-refractivity contribution in [1.82, 2.24) is 9.47 Å². The molecule has 130 valence electrons. The number of hydrogen-bond acceptors (Lipinski definition) is 3. The van der Waals surface area contributed by atoms with Crippen LogP contribution in [0.25, 0.3) is 10.9 Å². The van der Waals surface area contributed by atoms with Gasteiger partial charge in [-0.25, -0.2) is 0 Å². The number of carbonyl (C=O) groups excluding carboxylic acids is 1. The molecule has 0 amide bonds. The van der Waals surface area contributed by atoms with Crippen LogP contribution >= 0.6 is 27.5 Å². The number of nitrogens with zero attached hydrogens (tertiary/aromatic N) is 2. The molecule has 0 radical (unpaired) electrons. The fourth-order valence-electron chi connectivity index (χ4n) is 2.58. The number of hydrogen-bond donors (Lipinski definition) is 0.